The maximum absolute atomic E-state index is 14.0. The molecule has 0 aliphatic carbocycles. The lowest BCUT2D eigenvalue weighted by atomic mass is 10.1. The maximum Gasteiger partial charge on any atom is 0.536 e. The third-order valence-corrected chi connectivity index (χ3v) is 5.30. The van der Waals surface area contributed by atoms with E-state index in [1.807, 2.05) is 60.9 Å². The van der Waals surface area contributed by atoms with Crippen LogP contribution in [0, 0.1) is 0 Å². The van der Waals surface area contributed by atoms with Crippen LogP contribution in [0.4, 0.5) is 4.79 Å². The molecule has 2 heterocycles. The number of hydrogen-bond donors (Lipinski definition) is 0. The van der Waals surface area contributed by atoms with Crippen LogP contribution in [0.25, 0.3) is 0 Å². The molecule has 4 rings (SSSR count). The minimum absolute atomic E-state index is 0.0289. The van der Waals surface area contributed by atoms with Crippen LogP contribution < -0.4 is 9.47 Å². The van der Waals surface area contributed by atoms with E-state index in [1.54, 1.807) is 39.3 Å². The van der Waals surface area contributed by atoms with E-state index in [1.165, 1.54) is 0 Å². The van der Waals surface area contributed by atoms with Crippen molar-refractivity contribution < 1.29 is 23.2 Å². The molecule has 152 valence electrons. The molecule has 0 saturated heterocycles. The summed E-state index contributed by atoms with van der Waals surface area (Å²) in [5.41, 5.74) is 2.01. The van der Waals surface area contributed by atoms with Crippen LogP contribution in [-0.4, -0.2) is 41.9 Å². The van der Waals surface area contributed by atoms with Gasteiger partial charge in [0, 0.05) is 11.1 Å². The van der Waals surface area contributed by atoms with Gasteiger partial charge in [-0.15, -0.1) is 8.97 Å². The van der Waals surface area contributed by atoms with E-state index in [-0.39, 0.29) is 15.0 Å². The standard InChI is InChI=1S/C23H24N4O3/c1-29-21-7-3-19(4-8-21)15-26(13-11-24-17-26)23(28)27(14-12-25-18-27)16-20-5-9-22(30-2)10-6-20/h3-14,17-18H,15-16H2,1-2H3/q+2. The Kier molecular flexibility index (Phi) is 5.31. The molecule has 2 aromatic carbocycles. The highest BCUT2D eigenvalue weighted by Gasteiger charge is 2.52. The monoisotopic (exact) mass is 404 g/mol. The maximum atomic E-state index is 14.0. The highest BCUT2D eigenvalue weighted by molar-refractivity contribution is 5.80. The van der Waals surface area contributed by atoms with Crippen LogP contribution in [0.5, 0.6) is 11.5 Å². The van der Waals surface area contributed by atoms with Crippen molar-refractivity contribution in [1.29, 1.82) is 0 Å². The quantitative estimate of drug-likeness (QED) is 0.679. The van der Waals surface area contributed by atoms with E-state index in [4.69, 9.17) is 9.47 Å². The van der Waals surface area contributed by atoms with Crippen molar-refractivity contribution in [2.24, 2.45) is 9.98 Å². The van der Waals surface area contributed by atoms with Crippen molar-refractivity contribution in [3.8, 4) is 11.5 Å². The van der Waals surface area contributed by atoms with E-state index < -0.39 is 0 Å². The van der Waals surface area contributed by atoms with Gasteiger partial charge in [0.25, 0.3) is 0 Å². The topological polar surface area (TPSA) is 60.2 Å². The third kappa shape index (κ3) is 3.68. The number of ether oxygens (including phenoxy) is 2. The molecule has 7 nitrogen and oxygen atoms in total. The van der Waals surface area contributed by atoms with Gasteiger partial charge in [-0.2, -0.15) is 4.79 Å². The summed E-state index contributed by atoms with van der Waals surface area (Å²) >= 11 is 0. The number of carbonyl (C=O) groups is 1. The first-order chi connectivity index (χ1) is 14.6. The van der Waals surface area contributed by atoms with Gasteiger partial charge in [-0.25, -0.2) is 9.98 Å². The highest BCUT2D eigenvalue weighted by atomic mass is 16.5. The predicted molar refractivity (Wildman–Crippen MR) is 115 cm³/mol. The van der Waals surface area contributed by atoms with Crippen LogP contribution in [0.15, 0.2) is 83.3 Å². The fourth-order valence-electron chi connectivity index (χ4n) is 3.67. The molecule has 2 unspecified atom stereocenters. The second kappa shape index (κ2) is 8.06. The molecular formula is C23H24N4O3+2. The highest BCUT2D eigenvalue weighted by Crippen LogP contribution is 2.29. The Balaban J connectivity index is 1.64. The molecule has 2 aromatic rings. The Hall–Kier alpha value is -3.55. The molecule has 2 amide bonds. The number of carbonyl (C=O) groups excluding carboxylic acids is 1. The largest absolute Gasteiger partial charge is 0.536 e. The number of methoxy groups -OCH3 is 2. The number of amides is 2. The lowest BCUT2D eigenvalue weighted by Crippen LogP contribution is -2.59. The van der Waals surface area contributed by atoms with Crippen molar-refractivity contribution in [1.82, 2.24) is 0 Å². The molecule has 0 fully saturated rings. The fraction of sp³-hybridized carbons (Fsp3) is 0.174. The van der Waals surface area contributed by atoms with Gasteiger partial charge in [-0.1, -0.05) is 0 Å². The third-order valence-electron chi connectivity index (χ3n) is 5.30. The zero-order chi connectivity index (χ0) is 21.0. The number of hydrogen-bond acceptors (Lipinski definition) is 5. The fourth-order valence-corrected chi connectivity index (χ4v) is 3.67. The van der Waals surface area contributed by atoms with Crippen LogP contribution in [0.2, 0.25) is 0 Å². The second-order valence-electron chi connectivity index (χ2n) is 7.28. The molecular weight excluding hydrogens is 380 g/mol. The molecule has 0 radical (unpaired) electrons. The van der Waals surface area contributed by atoms with Crippen LogP contribution >= 0.6 is 0 Å². The number of quaternary nitrogens is 2. The van der Waals surface area contributed by atoms with Crippen LogP contribution in [0.3, 0.4) is 0 Å². The van der Waals surface area contributed by atoms with Crippen LogP contribution in [0.1, 0.15) is 11.1 Å². The van der Waals surface area contributed by atoms with Crippen molar-refractivity contribution in [2.75, 3.05) is 14.2 Å². The summed E-state index contributed by atoms with van der Waals surface area (Å²) in [5, 5.41) is 0. The summed E-state index contributed by atoms with van der Waals surface area (Å²) < 4.78 is 10.4. The molecule has 2 aliphatic heterocycles. The lowest BCUT2D eigenvalue weighted by molar-refractivity contribution is -0.840. The Morgan fingerprint density at radius 1 is 0.733 bits per heavy atom. The summed E-state index contributed by atoms with van der Waals surface area (Å²) in [6.07, 6.45) is 10.3. The SMILES string of the molecule is COc1ccc(C[N+]2(C(=O)[N+]3(Cc4ccc(OC)cc4)C=CN=C3)C=CN=C2)cc1. The van der Waals surface area contributed by atoms with Gasteiger partial charge in [-0.05, 0) is 48.5 Å². The van der Waals surface area contributed by atoms with Gasteiger partial charge >= 0.3 is 6.03 Å². The molecule has 30 heavy (non-hydrogen) atoms. The summed E-state index contributed by atoms with van der Waals surface area (Å²) in [6.45, 7) is 0.903. The Bertz CT molecular complexity index is 930. The van der Waals surface area contributed by atoms with Crippen molar-refractivity contribution in [3.63, 3.8) is 0 Å². The van der Waals surface area contributed by atoms with Gasteiger partial charge < -0.3 is 9.47 Å². The van der Waals surface area contributed by atoms with E-state index >= 15 is 0 Å². The minimum Gasteiger partial charge on any atom is -0.497 e. The average molecular weight is 404 g/mol. The lowest BCUT2D eigenvalue weighted by Gasteiger charge is -2.31. The van der Waals surface area contributed by atoms with E-state index in [2.05, 4.69) is 9.98 Å². The zero-order valence-electron chi connectivity index (χ0n) is 17.0. The van der Waals surface area contributed by atoms with Gasteiger partial charge in [0.15, 0.2) is 0 Å². The number of rotatable bonds is 6. The van der Waals surface area contributed by atoms with Crippen molar-refractivity contribution in [3.05, 3.63) is 84.5 Å². The number of aliphatic imine (C=N–C) groups is 2. The Labute approximate surface area is 175 Å². The summed E-state index contributed by atoms with van der Waals surface area (Å²) in [5.74, 6) is 1.56. The Morgan fingerprint density at radius 2 is 1.13 bits per heavy atom. The minimum atomic E-state index is -0.0587. The number of nitrogens with zero attached hydrogens (tertiary/aromatic N) is 4. The molecule has 0 bridgehead atoms. The van der Waals surface area contributed by atoms with Gasteiger partial charge in [0.1, 0.15) is 37.0 Å². The molecule has 7 heteroatoms. The first-order valence-electron chi connectivity index (χ1n) is 9.59. The summed E-state index contributed by atoms with van der Waals surface area (Å²) in [4.78, 5) is 22.4. The number of urea groups is 1. The molecule has 0 N–H and O–H groups in total. The molecule has 0 spiro atoms. The average Bonchev–Trinajstić information content (AvgIpc) is 3.45. The van der Waals surface area contributed by atoms with E-state index in [9.17, 15) is 4.79 Å². The first kappa shape index (κ1) is 19.8. The zero-order valence-corrected chi connectivity index (χ0v) is 17.0. The van der Waals surface area contributed by atoms with Crippen molar-refractivity contribution >= 4 is 18.7 Å². The van der Waals surface area contributed by atoms with Crippen molar-refractivity contribution in [2.45, 2.75) is 13.1 Å². The Morgan fingerprint density at radius 3 is 1.43 bits per heavy atom. The predicted octanol–water partition coefficient (Wildman–Crippen LogP) is 4.18. The smallest absolute Gasteiger partial charge is 0.497 e. The molecule has 0 aromatic heterocycles. The van der Waals surface area contributed by atoms with Gasteiger partial charge in [0.05, 0.1) is 26.6 Å². The first-order valence-corrected chi connectivity index (χ1v) is 9.59. The van der Waals surface area contributed by atoms with Crippen LogP contribution in [-0.2, 0) is 13.1 Å². The second-order valence-corrected chi connectivity index (χ2v) is 7.28. The molecule has 0 saturated carbocycles. The summed E-state index contributed by atoms with van der Waals surface area (Å²) in [6, 6.07) is 15.4. The summed E-state index contributed by atoms with van der Waals surface area (Å²) in [7, 11) is 3.27. The molecule has 2 atom stereocenters. The van der Waals surface area contributed by atoms with Gasteiger partial charge in [-0.3, -0.25) is 0 Å². The van der Waals surface area contributed by atoms with E-state index in [0.29, 0.717) is 13.1 Å². The number of benzene rings is 2. The van der Waals surface area contributed by atoms with E-state index in [0.717, 1.165) is 22.6 Å². The van der Waals surface area contributed by atoms with Gasteiger partial charge in [0.2, 0.25) is 12.7 Å². The normalized spacial score (nSPS) is 23.8. The molecule has 2 aliphatic rings.